The lowest BCUT2D eigenvalue weighted by Gasteiger charge is -2.24. The SMILES string of the molecule is CC1(C)CCCN(c2ncc(Br)cc2Br)CC1. The summed E-state index contributed by atoms with van der Waals surface area (Å²) >= 11 is 7.05. The van der Waals surface area contributed by atoms with Crippen LogP contribution in [0.2, 0.25) is 0 Å². The van der Waals surface area contributed by atoms with Crippen LogP contribution in [-0.4, -0.2) is 18.1 Å². The van der Waals surface area contributed by atoms with Gasteiger partial charge in [-0.05, 0) is 62.6 Å². The van der Waals surface area contributed by atoms with Crippen molar-refractivity contribution in [3.05, 3.63) is 21.2 Å². The normalized spacial score (nSPS) is 20.1. The molecule has 0 aromatic carbocycles. The third-order valence-electron chi connectivity index (χ3n) is 3.43. The molecule has 1 fully saturated rings. The first kappa shape index (κ1) is 13.3. The molecule has 0 amide bonds. The van der Waals surface area contributed by atoms with Crippen molar-refractivity contribution >= 4 is 37.7 Å². The monoisotopic (exact) mass is 360 g/mol. The zero-order valence-electron chi connectivity index (χ0n) is 10.3. The predicted molar refractivity (Wildman–Crippen MR) is 79.5 cm³/mol. The third kappa shape index (κ3) is 3.44. The van der Waals surface area contributed by atoms with E-state index in [4.69, 9.17) is 0 Å². The van der Waals surface area contributed by atoms with Crippen molar-refractivity contribution in [1.82, 2.24) is 4.98 Å². The number of nitrogens with zero attached hydrogens (tertiary/aromatic N) is 2. The summed E-state index contributed by atoms with van der Waals surface area (Å²) in [5, 5.41) is 0. The van der Waals surface area contributed by atoms with E-state index in [9.17, 15) is 0 Å². The van der Waals surface area contributed by atoms with Crippen LogP contribution in [0.15, 0.2) is 21.2 Å². The van der Waals surface area contributed by atoms with Gasteiger partial charge in [-0.25, -0.2) is 4.98 Å². The minimum Gasteiger partial charge on any atom is -0.356 e. The van der Waals surface area contributed by atoms with Gasteiger partial charge in [-0.15, -0.1) is 0 Å². The maximum atomic E-state index is 4.52. The Morgan fingerprint density at radius 2 is 2.00 bits per heavy atom. The number of halogens is 2. The van der Waals surface area contributed by atoms with Crippen LogP contribution in [0.5, 0.6) is 0 Å². The molecule has 0 spiro atoms. The summed E-state index contributed by atoms with van der Waals surface area (Å²) in [6, 6.07) is 2.07. The Labute approximate surface area is 120 Å². The number of hydrogen-bond donors (Lipinski definition) is 0. The van der Waals surface area contributed by atoms with Crippen molar-refractivity contribution < 1.29 is 0 Å². The molecule has 17 heavy (non-hydrogen) atoms. The molecule has 2 rings (SSSR count). The Morgan fingerprint density at radius 3 is 2.71 bits per heavy atom. The van der Waals surface area contributed by atoms with Crippen molar-refractivity contribution in [3.63, 3.8) is 0 Å². The molecule has 1 aliphatic rings. The van der Waals surface area contributed by atoms with Gasteiger partial charge in [-0.2, -0.15) is 0 Å². The number of aromatic nitrogens is 1. The minimum absolute atomic E-state index is 0.469. The summed E-state index contributed by atoms with van der Waals surface area (Å²) in [5.41, 5.74) is 0.469. The number of anilines is 1. The van der Waals surface area contributed by atoms with Crippen LogP contribution in [0.4, 0.5) is 5.82 Å². The second-order valence-electron chi connectivity index (χ2n) is 5.46. The Hall–Kier alpha value is -0.0900. The van der Waals surface area contributed by atoms with E-state index in [0.29, 0.717) is 5.41 Å². The lowest BCUT2D eigenvalue weighted by atomic mass is 9.85. The van der Waals surface area contributed by atoms with Crippen molar-refractivity contribution in [2.45, 2.75) is 33.1 Å². The van der Waals surface area contributed by atoms with Crippen LogP contribution in [0.25, 0.3) is 0 Å². The molecule has 2 nitrogen and oxygen atoms in total. The Bertz CT molecular complexity index is 404. The van der Waals surface area contributed by atoms with Gasteiger partial charge in [0.15, 0.2) is 0 Å². The van der Waals surface area contributed by atoms with Gasteiger partial charge in [0.05, 0.1) is 4.47 Å². The summed E-state index contributed by atoms with van der Waals surface area (Å²) in [5.74, 6) is 1.07. The molecular formula is C13H18Br2N2. The van der Waals surface area contributed by atoms with Crippen molar-refractivity contribution in [2.75, 3.05) is 18.0 Å². The van der Waals surface area contributed by atoms with Crippen LogP contribution in [0.1, 0.15) is 33.1 Å². The molecule has 1 aliphatic heterocycles. The lowest BCUT2D eigenvalue weighted by Crippen LogP contribution is -2.26. The molecule has 0 bridgehead atoms. The van der Waals surface area contributed by atoms with Crippen LogP contribution < -0.4 is 4.90 Å². The third-order valence-corrected chi connectivity index (χ3v) is 4.45. The van der Waals surface area contributed by atoms with Gasteiger partial charge in [0.2, 0.25) is 0 Å². The quantitative estimate of drug-likeness (QED) is 0.725. The fourth-order valence-corrected chi connectivity index (χ4v) is 3.51. The van der Waals surface area contributed by atoms with Gasteiger partial charge in [0.1, 0.15) is 5.82 Å². The molecule has 0 saturated carbocycles. The Balaban J connectivity index is 2.17. The first-order chi connectivity index (χ1) is 7.98. The highest BCUT2D eigenvalue weighted by molar-refractivity contribution is 9.11. The topological polar surface area (TPSA) is 16.1 Å². The van der Waals surface area contributed by atoms with Crippen molar-refractivity contribution in [1.29, 1.82) is 0 Å². The van der Waals surface area contributed by atoms with E-state index < -0.39 is 0 Å². The second kappa shape index (κ2) is 5.27. The molecule has 2 heterocycles. The summed E-state index contributed by atoms with van der Waals surface area (Å²) in [6.07, 6.45) is 5.65. The highest BCUT2D eigenvalue weighted by Gasteiger charge is 2.24. The maximum Gasteiger partial charge on any atom is 0.142 e. The van der Waals surface area contributed by atoms with E-state index in [0.717, 1.165) is 27.9 Å². The molecule has 0 aliphatic carbocycles. The zero-order valence-corrected chi connectivity index (χ0v) is 13.5. The number of hydrogen-bond acceptors (Lipinski definition) is 2. The summed E-state index contributed by atoms with van der Waals surface area (Å²) in [6.45, 7) is 6.93. The lowest BCUT2D eigenvalue weighted by molar-refractivity contribution is 0.325. The molecule has 0 N–H and O–H groups in total. The first-order valence-corrected chi connectivity index (χ1v) is 7.62. The summed E-state index contributed by atoms with van der Waals surface area (Å²) in [7, 11) is 0. The molecule has 0 radical (unpaired) electrons. The van der Waals surface area contributed by atoms with E-state index in [2.05, 4.69) is 61.7 Å². The molecule has 4 heteroatoms. The maximum absolute atomic E-state index is 4.52. The summed E-state index contributed by atoms with van der Waals surface area (Å²) in [4.78, 5) is 6.92. The average molecular weight is 362 g/mol. The van der Waals surface area contributed by atoms with E-state index in [1.54, 1.807) is 0 Å². The van der Waals surface area contributed by atoms with Gasteiger partial charge in [0, 0.05) is 23.8 Å². The average Bonchev–Trinajstić information content (AvgIpc) is 2.40. The minimum atomic E-state index is 0.469. The Morgan fingerprint density at radius 1 is 1.24 bits per heavy atom. The van der Waals surface area contributed by atoms with E-state index >= 15 is 0 Å². The van der Waals surface area contributed by atoms with Gasteiger partial charge < -0.3 is 4.90 Å². The first-order valence-electron chi connectivity index (χ1n) is 6.04. The standard InChI is InChI=1S/C13H18Br2N2/c1-13(2)4-3-6-17(7-5-13)12-11(15)8-10(14)9-16-12/h8-9H,3-7H2,1-2H3. The largest absolute Gasteiger partial charge is 0.356 e. The van der Waals surface area contributed by atoms with Gasteiger partial charge in [0.25, 0.3) is 0 Å². The van der Waals surface area contributed by atoms with Gasteiger partial charge in [-0.1, -0.05) is 13.8 Å². The highest BCUT2D eigenvalue weighted by Crippen LogP contribution is 2.33. The van der Waals surface area contributed by atoms with Crippen LogP contribution in [0.3, 0.4) is 0 Å². The smallest absolute Gasteiger partial charge is 0.142 e. The number of pyridine rings is 1. The van der Waals surface area contributed by atoms with Crippen molar-refractivity contribution in [2.24, 2.45) is 5.41 Å². The van der Waals surface area contributed by atoms with E-state index in [1.807, 2.05) is 6.20 Å². The molecule has 1 aromatic rings. The zero-order chi connectivity index (χ0) is 12.5. The molecular weight excluding hydrogens is 344 g/mol. The van der Waals surface area contributed by atoms with Crippen LogP contribution in [0, 0.1) is 5.41 Å². The fraction of sp³-hybridized carbons (Fsp3) is 0.615. The van der Waals surface area contributed by atoms with Crippen LogP contribution in [-0.2, 0) is 0 Å². The van der Waals surface area contributed by atoms with Crippen LogP contribution >= 0.6 is 31.9 Å². The number of rotatable bonds is 1. The molecule has 1 aromatic heterocycles. The summed E-state index contributed by atoms with van der Waals surface area (Å²) < 4.78 is 2.09. The predicted octanol–water partition coefficient (Wildman–Crippen LogP) is 4.62. The molecule has 1 saturated heterocycles. The molecule has 94 valence electrons. The van der Waals surface area contributed by atoms with Gasteiger partial charge in [-0.3, -0.25) is 0 Å². The molecule has 0 unspecified atom stereocenters. The Kier molecular flexibility index (Phi) is 4.14. The fourth-order valence-electron chi connectivity index (χ4n) is 2.27. The second-order valence-corrected chi connectivity index (χ2v) is 7.23. The van der Waals surface area contributed by atoms with E-state index in [-0.39, 0.29) is 0 Å². The van der Waals surface area contributed by atoms with E-state index in [1.165, 1.54) is 19.3 Å². The van der Waals surface area contributed by atoms with Crippen molar-refractivity contribution in [3.8, 4) is 0 Å². The highest BCUT2D eigenvalue weighted by atomic mass is 79.9. The van der Waals surface area contributed by atoms with Gasteiger partial charge >= 0.3 is 0 Å². The molecule has 0 atom stereocenters.